The zero-order valence-corrected chi connectivity index (χ0v) is 22.2. The molecule has 1 aliphatic rings. The smallest absolute Gasteiger partial charge is 0.314 e. The fourth-order valence-electron chi connectivity index (χ4n) is 4.41. The van der Waals surface area contributed by atoms with Gasteiger partial charge in [0.25, 0.3) is 0 Å². The van der Waals surface area contributed by atoms with Gasteiger partial charge in [0.1, 0.15) is 16.6 Å². The van der Waals surface area contributed by atoms with E-state index in [2.05, 4.69) is 17.9 Å². The molecule has 36 heavy (non-hydrogen) atoms. The molecule has 1 atom stereocenters. The first-order valence-corrected chi connectivity index (χ1v) is 13.3. The number of anilines is 3. The lowest BCUT2D eigenvalue weighted by Gasteiger charge is -2.22. The molecule has 1 fully saturated rings. The number of benzene rings is 1. The first-order chi connectivity index (χ1) is 17.3. The lowest BCUT2D eigenvalue weighted by molar-refractivity contribution is 0.204. The van der Waals surface area contributed by atoms with Crippen LogP contribution in [0.25, 0.3) is 16.2 Å². The number of fused-ring (bicyclic) bond motifs is 1. The third-order valence-electron chi connectivity index (χ3n) is 6.55. The number of aryl methyl sites for hydroxylation is 2. The van der Waals surface area contributed by atoms with Gasteiger partial charge in [-0.2, -0.15) is 9.78 Å². The molecule has 2 N–H and O–H groups in total. The Hall–Kier alpha value is -3.69. The number of hydrogen-bond acceptors (Lipinski definition) is 9. The number of likely N-dealkylation sites (N-methyl/N-ethyl adjacent to an activating group) is 1. The van der Waals surface area contributed by atoms with E-state index in [4.69, 9.17) is 20.8 Å². The third kappa shape index (κ3) is 4.14. The first kappa shape index (κ1) is 24.0. The molecule has 1 aromatic carbocycles. The van der Waals surface area contributed by atoms with Gasteiger partial charge in [-0.25, -0.2) is 14.8 Å². The fourth-order valence-corrected chi connectivity index (χ4v) is 6.21. The molecule has 4 heterocycles. The van der Waals surface area contributed by atoms with Crippen molar-refractivity contribution in [3.05, 3.63) is 40.4 Å². The first-order valence-electron chi connectivity index (χ1n) is 11.7. The molecular formula is C24H27N9OS2. The van der Waals surface area contributed by atoms with Crippen molar-refractivity contribution in [2.45, 2.75) is 32.7 Å². The average Bonchev–Trinajstić information content (AvgIpc) is 3.65. The van der Waals surface area contributed by atoms with E-state index < -0.39 is 6.03 Å². The van der Waals surface area contributed by atoms with Crippen molar-refractivity contribution in [3.63, 3.8) is 0 Å². The molecule has 0 radical (unpaired) electrons. The highest BCUT2D eigenvalue weighted by atomic mass is 32.1. The number of nitriles is 1. The summed E-state index contributed by atoms with van der Waals surface area (Å²) in [4.78, 5) is 28.4. The highest BCUT2D eigenvalue weighted by Gasteiger charge is 2.31. The van der Waals surface area contributed by atoms with E-state index in [-0.39, 0.29) is 6.04 Å². The molecule has 0 unspecified atom stereocenters. The van der Waals surface area contributed by atoms with Gasteiger partial charge in [0.2, 0.25) is 10.1 Å². The Balaban J connectivity index is 1.49. The standard InChI is InChI=1S/C24H27N9OS2/c1-5-17-20(31(4)22-28-19(18(12-25)35-22)15-8-6-14(2)7-9-15)33-23(27-17)36-24(29-33)32-11-10-16(13-32)30(3)21(26)34/h6-9,16H,5,10-11,13H2,1-4H3,(H2,26,34)/t16-/m0/s1. The molecule has 0 bridgehead atoms. The summed E-state index contributed by atoms with van der Waals surface area (Å²) in [6, 6.07) is 9.99. The molecular weight excluding hydrogens is 494 g/mol. The van der Waals surface area contributed by atoms with Crippen molar-refractivity contribution < 1.29 is 4.79 Å². The molecule has 0 spiro atoms. The lowest BCUT2D eigenvalue weighted by atomic mass is 10.1. The summed E-state index contributed by atoms with van der Waals surface area (Å²) in [5.41, 5.74) is 9.14. The number of aromatic nitrogens is 4. The highest BCUT2D eigenvalue weighted by molar-refractivity contribution is 7.20. The largest absolute Gasteiger partial charge is 0.351 e. The van der Waals surface area contributed by atoms with Crippen molar-refractivity contribution in [1.29, 1.82) is 5.26 Å². The van der Waals surface area contributed by atoms with Gasteiger partial charge in [-0.1, -0.05) is 59.4 Å². The summed E-state index contributed by atoms with van der Waals surface area (Å²) >= 11 is 2.89. The summed E-state index contributed by atoms with van der Waals surface area (Å²) in [5, 5.41) is 16.2. The van der Waals surface area contributed by atoms with Gasteiger partial charge >= 0.3 is 6.03 Å². The normalized spacial score (nSPS) is 15.4. The van der Waals surface area contributed by atoms with Crippen LogP contribution in [-0.4, -0.2) is 63.7 Å². The second-order valence-electron chi connectivity index (χ2n) is 8.86. The van der Waals surface area contributed by atoms with Crippen LogP contribution in [0.3, 0.4) is 0 Å². The molecule has 1 saturated heterocycles. The minimum absolute atomic E-state index is 0.0620. The van der Waals surface area contributed by atoms with Crippen molar-refractivity contribution >= 4 is 49.7 Å². The number of nitrogens with zero attached hydrogens (tertiary/aromatic N) is 8. The number of urea groups is 1. The molecule has 3 aromatic heterocycles. The van der Waals surface area contributed by atoms with Gasteiger partial charge in [0.05, 0.1) is 11.7 Å². The predicted octanol–water partition coefficient (Wildman–Crippen LogP) is 4.01. The number of hydrogen-bond donors (Lipinski definition) is 1. The SMILES string of the molecule is CCc1nc2sc(N3CC[C@H](N(C)C(N)=O)C3)nn2c1N(C)c1nc(-c2ccc(C)cc2)c(C#N)s1. The Morgan fingerprint density at radius 2 is 2.00 bits per heavy atom. The van der Waals surface area contributed by atoms with E-state index in [1.54, 1.807) is 11.9 Å². The number of carbonyl (C=O) groups excluding carboxylic acids is 1. The van der Waals surface area contributed by atoms with E-state index in [9.17, 15) is 10.1 Å². The van der Waals surface area contributed by atoms with Crippen LogP contribution in [0.4, 0.5) is 20.9 Å². The summed E-state index contributed by atoms with van der Waals surface area (Å²) in [7, 11) is 3.67. The van der Waals surface area contributed by atoms with Crippen LogP contribution < -0.4 is 15.5 Å². The van der Waals surface area contributed by atoms with E-state index in [0.717, 1.165) is 52.1 Å². The topological polar surface area (TPSA) is 120 Å². The minimum atomic E-state index is -0.419. The van der Waals surface area contributed by atoms with Crippen LogP contribution in [0.15, 0.2) is 24.3 Å². The second-order valence-corrected chi connectivity index (χ2v) is 10.8. The van der Waals surface area contributed by atoms with Crippen LogP contribution in [0, 0.1) is 18.3 Å². The monoisotopic (exact) mass is 521 g/mol. The van der Waals surface area contributed by atoms with E-state index >= 15 is 0 Å². The molecule has 0 saturated carbocycles. The van der Waals surface area contributed by atoms with Crippen molar-refractivity contribution in [3.8, 4) is 17.3 Å². The van der Waals surface area contributed by atoms with Crippen LogP contribution >= 0.6 is 22.7 Å². The predicted molar refractivity (Wildman–Crippen MR) is 143 cm³/mol. The van der Waals surface area contributed by atoms with Gasteiger partial charge < -0.3 is 20.4 Å². The van der Waals surface area contributed by atoms with Gasteiger partial charge in [0, 0.05) is 32.7 Å². The molecule has 5 rings (SSSR count). The maximum absolute atomic E-state index is 11.6. The number of amides is 2. The van der Waals surface area contributed by atoms with Crippen molar-refractivity contribution in [2.75, 3.05) is 37.0 Å². The average molecular weight is 522 g/mol. The maximum atomic E-state index is 11.6. The zero-order valence-electron chi connectivity index (χ0n) is 20.6. The molecule has 10 nitrogen and oxygen atoms in total. The molecule has 12 heteroatoms. The number of nitrogens with two attached hydrogens (primary N) is 1. The number of rotatable bonds is 6. The number of thiazole rings is 1. The van der Waals surface area contributed by atoms with Gasteiger partial charge in [-0.05, 0) is 19.8 Å². The number of primary amides is 1. The molecule has 186 valence electrons. The van der Waals surface area contributed by atoms with Crippen LogP contribution in [0.5, 0.6) is 0 Å². The lowest BCUT2D eigenvalue weighted by Crippen LogP contribution is -2.42. The molecule has 1 aliphatic heterocycles. The Kier molecular flexibility index (Phi) is 6.27. The summed E-state index contributed by atoms with van der Waals surface area (Å²) in [6.45, 7) is 5.57. The minimum Gasteiger partial charge on any atom is -0.351 e. The van der Waals surface area contributed by atoms with Crippen LogP contribution in [-0.2, 0) is 6.42 Å². The molecule has 0 aliphatic carbocycles. The van der Waals surface area contributed by atoms with Gasteiger partial charge in [-0.3, -0.25) is 0 Å². The summed E-state index contributed by atoms with van der Waals surface area (Å²) in [5.74, 6) is 0.841. The molecule has 4 aromatic rings. The highest BCUT2D eigenvalue weighted by Crippen LogP contribution is 2.38. The van der Waals surface area contributed by atoms with Crippen LogP contribution in [0.2, 0.25) is 0 Å². The van der Waals surface area contributed by atoms with E-state index in [0.29, 0.717) is 22.2 Å². The fraction of sp³-hybridized carbons (Fsp3) is 0.375. The summed E-state index contributed by atoms with van der Waals surface area (Å²) < 4.78 is 1.86. The Morgan fingerprint density at radius 1 is 1.25 bits per heavy atom. The Bertz CT molecular complexity index is 1460. The quantitative estimate of drug-likeness (QED) is 0.407. The Morgan fingerprint density at radius 3 is 2.67 bits per heavy atom. The summed E-state index contributed by atoms with van der Waals surface area (Å²) in [6.07, 6.45) is 1.58. The van der Waals surface area contributed by atoms with Gasteiger partial charge in [0.15, 0.2) is 10.9 Å². The number of imidazole rings is 1. The number of carbonyl (C=O) groups is 1. The van der Waals surface area contributed by atoms with E-state index in [1.807, 2.05) is 47.7 Å². The second kappa shape index (κ2) is 9.40. The van der Waals surface area contributed by atoms with E-state index in [1.165, 1.54) is 22.7 Å². The van der Waals surface area contributed by atoms with Crippen LogP contribution in [0.1, 0.15) is 29.5 Å². The van der Waals surface area contributed by atoms with Crippen molar-refractivity contribution in [1.82, 2.24) is 24.5 Å². The Labute approximate surface area is 217 Å². The maximum Gasteiger partial charge on any atom is 0.314 e. The van der Waals surface area contributed by atoms with Crippen molar-refractivity contribution in [2.24, 2.45) is 5.73 Å². The zero-order chi connectivity index (χ0) is 25.6. The van der Waals surface area contributed by atoms with Gasteiger partial charge in [-0.15, -0.1) is 5.10 Å². The third-order valence-corrected chi connectivity index (χ3v) is 8.56. The molecule has 2 amide bonds.